The molecule has 2 atom stereocenters. The average Bonchev–Trinajstić information content (AvgIpc) is 3.26. The molecule has 1 saturated heterocycles. The van der Waals surface area contributed by atoms with Crippen molar-refractivity contribution >= 4 is 11.6 Å². The van der Waals surface area contributed by atoms with E-state index in [1.54, 1.807) is 12.1 Å². The van der Waals surface area contributed by atoms with Crippen LogP contribution in [-0.4, -0.2) is 29.6 Å². The molecule has 1 N–H and O–H groups in total. The highest BCUT2D eigenvalue weighted by Crippen LogP contribution is 2.41. The lowest BCUT2D eigenvalue weighted by Crippen LogP contribution is -2.51. The van der Waals surface area contributed by atoms with E-state index in [0.717, 1.165) is 25.4 Å². The van der Waals surface area contributed by atoms with Gasteiger partial charge in [-0.3, -0.25) is 4.90 Å². The van der Waals surface area contributed by atoms with Crippen LogP contribution in [0.2, 0.25) is 5.02 Å². The number of nitrogens with one attached hydrogen (secondary N) is 1. The topological polar surface area (TPSA) is 15.3 Å². The van der Waals surface area contributed by atoms with E-state index in [-0.39, 0.29) is 11.4 Å². The molecule has 3 rings (SSSR count). The van der Waals surface area contributed by atoms with Gasteiger partial charge in [0.05, 0.1) is 0 Å². The second-order valence-corrected chi connectivity index (χ2v) is 7.33. The molecule has 0 spiro atoms. The van der Waals surface area contributed by atoms with E-state index in [1.165, 1.54) is 18.9 Å². The second kappa shape index (κ2) is 5.86. The summed E-state index contributed by atoms with van der Waals surface area (Å²) in [4.78, 5) is 2.41. The van der Waals surface area contributed by atoms with Crippen molar-refractivity contribution in [1.29, 1.82) is 0 Å². The van der Waals surface area contributed by atoms with Gasteiger partial charge in [0, 0.05) is 35.3 Å². The lowest BCUT2D eigenvalue weighted by molar-refractivity contribution is 0.153. The van der Waals surface area contributed by atoms with Gasteiger partial charge < -0.3 is 5.32 Å². The number of rotatable bonds is 3. The zero-order valence-electron chi connectivity index (χ0n) is 12.8. The van der Waals surface area contributed by atoms with Crippen molar-refractivity contribution in [2.75, 3.05) is 13.1 Å². The van der Waals surface area contributed by atoms with Crippen LogP contribution in [0.1, 0.15) is 38.7 Å². The summed E-state index contributed by atoms with van der Waals surface area (Å²) >= 11 is 6.02. The van der Waals surface area contributed by atoms with Crippen LogP contribution in [-0.2, 0) is 6.54 Å². The predicted octanol–water partition coefficient (Wildman–Crippen LogP) is 3.83. The second-order valence-electron chi connectivity index (χ2n) is 6.90. The fourth-order valence-electron chi connectivity index (χ4n) is 3.47. The molecule has 116 valence electrons. The van der Waals surface area contributed by atoms with Crippen LogP contribution in [0.25, 0.3) is 0 Å². The fraction of sp³-hybridized carbons (Fsp3) is 0.647. The van der Waals surface area contributed by atoms with Gasteiger partial charge in [0.1, 0.15) is 5.82 Å². The standard InChI is InChI=1S/C17H24ClFN2/c1-12-7-8-20-17(2,14-3-4-14)11-21(12)10-13-9-15(18)5-6-16(13)19/h5-6,9,12,14,20H,3-4,7-8,10-11H2,1-2H3. The molecular formula is C17H24ClFN2. The smallest absolute Gasteiger partial charge is 0.127 e. The number of benzene rings is 1. The quantitative estimate of drug-likeness (QED) is 0.912. The van der Waals surface area contributed by atoms with Crippen LogP contribution in [0.5, 0.6) is 0 Å². The lowest BCUT2D eigenvalue weighted by Gasteiger charge is -2.36. The molecule has 2 unspecified atom stereocenters. The van der Waals surface area contributed by atoms with E-state index in [1.807, 2.05) is 0 Å². The molecule has 1 saturated carbocycles. The van der Waals surface area contributed by atoms with E-state index in [4.69, 9.17) is 11.6 Å². The molecule has 0 radical (unpaired) electrons. The molecule has 2 nitrogen and oxygen atoms in total. The molecule has 1 aromatic carbocycles. The summed E-state index contributed by atoms with van der Waals surface area (Å²) in [7, 11) is 0. The third kappa shape index (κ3) is 3.41. The van der Waals surface area contributed by atoms with E-state index in [2.05, 4.69) is 24.1 Å². The zero-order chi connectivity index (χ0) is 15.0. The predicted molar refractivity (Wildman–Crippen MR) is 85.0 cm³/mol. The van der Waals surface area contributed by atoms with Crippen molar-refractivity contribution in [3.63, 3.8) is 0 Å². The summed E-state index contributed by atoms with van der Waals surface area (Å²) in [6.45, 7) is 7.22. The van der Waals surface area contributed by atoms with Crippen molar-refractivity contribution in [2.45, 2.75) is 51.2 Å². The monoisotopic (exact) mass is 310 g/mol. The maximum Gasteiger partial charge on any atom is 0.127 e. The minimum atomic E-state index is -0.156. The molecular weight excluding hydrogens is 287 g/mol. The van der Waals surface area contributed by atoms with Crippen LogP contribution in [0.4, 0.5) is 4.39 Å². The summed E-state index contributed by atoms with van der Waals surface area (Å²) in [6, 6.07) is 5.30. The normalized spacial score (nSPS) is 31.1. The number of halogens is 2. The van der Waals surface area contributed by atoms with Gasteiger partial charge in [0.2, 0.25) is 0 Å². The van der Waals surface area contributed by atoms with Gasteiger partial charge in [0.25, 0.3) is 0 Å². The maximum atomic E-state index is 14.0. The van der Waals surface area contributed by atoms with Crippen LogP contribution in [0, 0.1) is 11.7 Å². The molecule has 21 heavy (non-hydrogen) atoms. The number of nitrogens with zero attached hydrogens (tertiary/aromatic N) is 1. The Balaban J connectivity index is 1.79. The van der Waals surface area contributed by atoms with Crippen molar-refractivity contribution in [1.82, 2.24) is 10.2 Å². The van der Waals surface area contributed by atoms with Gasteiger partial charge in [-0.2, -0.15) is 0 Å². The van der Waals surface area contributed by atoms with Gasteiger partial charge in [-0.25, -0.2) is 4.39 Å². The molecule has 1 heterocycles. The van der Waals surface area contributed by atoms with Gasteiger partial charge in [-0.1, -0.05) is 11.6 Å². The first-order chi connectivity index (χ1) is 9.98. The summed E-state index contributed by atoms with van der Waals surface area (Å²) in [6.07, 6.45) is 3.74. The highest BCUT2D eigenvalue weighted by molar-refractivity contribution is 6.30. The van der Waals surface area contributed by atoms with Crippen molar-refractivity contribution in [3.8, 4) is 0 Å². The molecule has 2 aliphatic rings. The third-order valence-electron chi connectivity index (χ3n) is 5.11. The van der Waals surface area contributed by atoms with Gasteiger partial charge in [0.15, 0.2) is 0 Å². The summed E-state index contributed by atoms with van der Waals surface area (Å²) < 4.78 is 14.0. The molecule has 4 heteroatoms. The summed E-state index contributed by atoms with van der Waals surface area (Å²) in [5, 5.41) is 4.34. The fourth-order valence-corrected chi connectivity index (χ4v) is 3.67. The summed E-state index contributed by atoms with van der Waals surface area (Å²) in [5.74, 6) is 0.617. The van der Waals surface area contributed by atoms with Gasteiger partial charge >= 0.3 is 0 Å². The SMILES string of the molecule is CC1CCNC(C)(C2CC2)CN1Cc1cc(Cl)ccc1F. The molecule has 1 aromatic rings. The Morgan fingerprint density at radius 2 is 2.14 bits per heavy atom. The largest absolute Gasteiger partial charge is 0.310 e. The Hall–Kier alpha value is -0.640. The van der Waals surface area contributed by atoms with Crippen molar-refractivity contribution in [2.24, 2.45) is 5.92 Å². The number of hydrogen-bond acceptors (Lipinski definition) is 2. The minimum Gasteiger partial charge on any atom is -0.310 e. The molecule has 0 aromatic heterocycles. The lowest BCUT2D eigenvalue weighted by atomic mass is 9.95. The first-order valence-corrected chi connectivity index (χ1v) is 8.29. The Labute approximate surface area is 131 Å². The Morgan fingerprint density at radius 1 is 1.38 bits per heavy atom. The zero-order valence-corrected chi connectivity index (χ0v) is 13.6. The third-order valence-corrected chi connectivity index (χ3v) is 5.34. The minimum absolute atomic E-state index is 0.156. The van der Waals surface area contributed by atoms with Crippen molar-refractivity contribution < 1.29 is 4.39 Å². The van der Waals surface area contributed by atoms with Crippen LogP contribution in [0.15, 0.2) is 18.2 Å². The molecule has 0 amide bonds. The molecule has 1 aliphatic heterocycles. The Morgan fingerprint density at radius 3 is 2.86 bits per heavy atom. The highest BCUT2D eigenvalue weighted by Gasteiger charge is 2.43. The average molecular weight is 311 g/mol. The van der Waals surface area contributed by atoms with Crippen LogP contribution >= 0.6 is 11.6 Å². The van der Waals surface area contributed by atoms with E-state index in [9.17, 15) is 4.39 Å². The van der Waals surface area contributed by atoms with Gasteiger partial charge in [-0.05, 0) is 63.8 Å². The van der Waals surface area contributed by atoms with E-state index >= 15 is 0 Å². The summed E-state index contributed by atoms with van der Waals surface area (Å²) in [5.41, 5.74) is 0.870. The van der Waals surface area contributed by atoms with Crippen LogP contribution in [0.3, 0.4) is 0 Å². The van der Waals surface area contributed by atoms with Gasteiger partial charge in [-0.15, -0.1) is 0 Å². The molecule has 2 fully saturated rings. The molecule has 1 aliphatic carbocycles. The van der Waals surface area contributed by atoms with Crippen LogP contribution < -0.4 is 5.32 Å². The highest BCUT2D eigenvalue weighted by atomic mass is 35.5. The maximum absolute atomic E-state index is 14.0. The number of hydrogen-bond donors (Lipinski definition) is 1. The molecule has 0 bridgehead atoms. The Kier molecular flexibility index (Phi) is 4.26. The Bertz CT molecular complexity index is 518. The van der Waals surface area contributed by atoms with Crippen molar-refractivity contribution in [3.05, 3.63) is 34.6 Å². The first kappa shape index (κ1) is 15.3. The van der Waals surface area contributed by atoms with E-state index < -0.39 is 0 Å². The first-order valence-electron chi connectivity index (χ1n) is 7.91. The van der Waals surface area contributed by atoms with E-state index in [0.29, 0.717) is 23.2 Å².